The molecule has 0 aromatic heterocycles. The Labute approximate surface area is 155 Å². The van der Waals surface area contributed by atoms with Gasteiger partial charge in [0.25, 0.3) is 0 Å². The van der Waals surface area contributed by atoms with E-state index in [9.17, 15) is 19.1 Å². The third kappa shape index (κ3) is 4.20. The number of rotatable bonds is 8. The van der Waals surface area contributed by atoms with Gasteiger partial charge in [0.2, 0.25) is 0 Å². The molecule has 0 saturated heterocycles. The minimum absolute atomic E-state index is 0.0261. The van der Waals surface area contributed by atoms with Gasteiger partial charge in [-0.15, -0.1) is 0 Å². The number of phenolic OH excluding ortho intramolecular Hbond substituents is 1. The molecule has 1 unspecified atom stereocenters. The summed E-state index contributed by atoms with van der Waals surface area (Å²) in [6.07, 6.45) is 0.585. The molecule has 2 rings (SSSR count). The van der Waals surface area contributed by atoms with Gasteiger partial charge in [-0.3, -0.25) is 4.79 Å². The lowest BCUT2D eigenvalue weighted by atomic mass is 9.94. The van der Waals surface area contributed by atoms with Crippen molar-refractivity contribution in [3.63, 3.8) is 0 Å². The number of methoxy groups -OCH3 is 1. The van der Waals surface area contributed by atoms with Gasteiger partial charge in [-0.25, -0.2) is 4.39 Å². The first-order valence-electron chi connectivity index (χ1n) is 7.89. The highest BCUT2D eigenvalue weighted by Gasteiger charge is 2.24. The second kappa shape index (κ2) is 8.78. The Morgan fingerprint density at radius 2 is 2.12 bits per heavy atom. The Balaban J connectivity index is 2.47. The van der Waals surface area contributed by atoms with Crippen molar-refractivity contribution in [1.29, 1.82) is 0 Å². The Morgan fingerprint density at radius 3 is 2.73 bits per heavy atom. The van der Waals surface area contributed by atoms with E-state index in [4.69, 9.17) is 16.3 Å². The van der Waals surface area contributed by atoms with Crippen molar-refractivity contribution in [2.24, 2.45) is 5.92 Å². The van der Waals surface area contributed by atoms with E-state index in [1.807, 2.05) is 0 Å². The molecular weight excluding hydrogens is 361 g/mol. The number of hydrogen-bond donors (Lipinski definition) is 2. The van der Waals surface area contributed by atoms with Crippen LogP contribution in [0.3, 0.4) is 0 Å². The normalized spacial score (nSPS) is 11.8. The number of nitrogens with one attached hydrogen (secondary N) is 1. The van der Waals surface area contributed by atoms with Crippen molar-refractivity contribution in [3.8, 4) is 11.5 Å². The van der Waals surface area contributed by atoms with Crippen LogP contribution in [-0.2, 0) is 11.2 Å². The average molecular weight is 380 g/mol. The lowest BCUT2D eigenvalue weighted by molar-refractivity contribution is -0.109. The highest BCUT2D eigenvalue weighted by Crippen LogP contribution is 2.32. The van der Waals surface area contributed by atoms with Crippen LogP contribution < -0.4 is 10.1 Å². The van der Waals surface area contributed by atoms with Crippen LogP contribution in [0, 0.1) is 11.7 Å². The van der Waals surface area contributed by atoms with Crippen molar-refractivity contribution < 1.29 is 23.8 Å². The first-order valence-corrected chi connectivity index (χ1v) is 8.27. The minimum atomic E-state index is -0.894. The Kier molecular flexibility index (Phi) is 6.71. The summed E-state index contributed by atoms with van der Waals surface area (Å²) in [6.45, 7) is 0.171. The van der Waals surface area contributed by atoms with Crippen LogP contribution in [0.1, 0.15) is 21.5 Å². The predicted octanol–water partition coefficient (Wildman–Crippen LogP) is 3.00. The fourth-order valence-corrected chi connectivity index (χ4v) is 2.82. The predicted molar refractivity (Wildman–Crippen MR) is 96.7 cm³/mol. The molecule has 0 saturated carbocycles. The molecule has 5 nitrogen and oxygen atoms in total. The summed E-state index contributed by atoms with van der Waals surface area (Å²) in [5, 5.41) is 13.0. The number of ketones is 1. The average Bonchev–Trinajstić information content (AvgIpc) is 2.64. The zero-order valence-electron chi connectivity index (χ0n) is 14.4. The van der Waals surface area contributed by atoms with E-state index in [0.29, 0.717) is 11.8 Å². The quantitative estimate of drug-likeness (QED) is 0.419. The van der Waals surface area contributed by atoms with Crippen LogP contribution >= 0.6 is 11.6 Å². The van der Waals surface area contributed by atoms with Crippen LogP contribution in [0.5, 0.6) is 11.5 Å². The number of phenols is 1. The maximum Gasteiger partial charge on any atom is 0.178 e. The summed E-state index contributed by atoms with van der Waals surface area (Å²) in [7, 11) is 2.99. The molecule has 2 N–H and O–H groups in total. The molecule has 0 amide bonds. The highest BCUT2D eigenvalue weighted by molar-refractivity contribution is 6.30. The topological polar surface area (TPSA) is 75.6 Å². The monoisotopic (exact) mass is 379 g/mol. The Morgan fingerprint density at radius 1 is 1.38 bits per heavy atom. The first kappa shape index (κ1) is 19.9. The van der Waals surface area contributed by atoms with Crippen molar-refractivity contribution >= 4 is 23.7 Å². The third-order valence-corrected chi connectivity index (χ3v) is 4.30. The highest BCUT2D eigenvalue weighted by atomic mass is 35.5. The SMILES string of the molecule is CNCC(C=O)C(=O)c1cc(Cc2cccc(Cl)c2F)c(O)cc1OC. The number of aldehydes is 1. The fourth-order valence-electron chi connectivity index (χ4n) is 2.63. The summed E-state index contributed by atoms with van der Waals surface area (Å²) in [5.74, 6) is -1.92. The summed E-state index contributed by atoms with van der Waals surface area (Å²) < 4.78 is 19.3. The zero-order valence-corrected chi connectivity index (χ0v) is 15.1. The molecule has 1 atom stereocenters. The second-order valence-corrected chi connectivity index (χ2v) is 6.14. The van der Waals surface area contributed by atoms with E-state index in [1.165, 1.54) is 25.3 Å². The van der Waals surface area contributed by atoms with Gasteiger partial charge in [-0.05, 0) is 30.3 Å². The summed E-state index contributed by atoms with van der Waals surface area (Å²) >= 11 is 5.79. The molecule has 0 radical (unpaired) electrons. The molecule has 7 heteroatoms. The fraction of sp³-hybridized carbons (Fsp3) is 0.263. The molecule has 2 aromatic carbocycles. The van der Waals surface area contributed by atoms with Crippen LogP contribution in [0.25, 0.3) is 0 Å². The lowest BCUT2D eigenvalue weighted by Gasteiger charge is -2.15. The number of halogens is 2. The number of carbonyl (C=O) groups excluding carboxylic acids is 2. The van der Waals surface area contributed by atoms with Crippen molar-refractivity contribution in [1.82, 2.24) is 5.32 Å². The molecule has 0 spiro atoms. The van der Waals surface area contributed by atoms with E-state index in [-0.39, 0.29) is 40.6 Å². The Bertz CT molecular complexity index is 825. The Hall–Kier alpha value is -2.44. The smallest absolute Gasteiger partial charge is 0.178 e. The second-order valence-electron chi connectivity index (χ2n) is 5.74. The lowest BCUT2D eigenvalue weighted by Crippen LogP contribution is -2.27. The maximum absolute atomic E-state index is 14.1. The van der Waals surface area contributed by atoms with Gasteiger partial charge in [0.1, 0.15) is 23.6 Å². The molecule has 0 fully saturated rings. The van der Waals surface area contributed by atoms with E-state index < -0.39 is 17.5 Å². The van der Waals surface area contributed by atoms with Gasteiger partial charge in [-0.2, -0.15) is 0 Å². The van der Waals surface area contributed by atoms with Crippen LogP contribution in [0.15, 0.2) is 30.3 Å². The van der Waals surface area contributed by atoms with Crippen molar-refractivity contribution in [2.45, 2.75) is 6.42 Å². The van der Waals surface area contributed by atoms with Gasteiger partial charge >= 0.3 is 0 Å². The summed E-state index contributed by atoms with van der Waals surface area (Å²) in [4.78, 5) is 23.9. The molecule has 0 heterocycles. The van der Waals surface area contributed by atoms with E-state index >= 15 is 0 Å². The summed E-state index contributed by atoms with van der Waals surface area (Å²) in [6, 6.07) is 7.27. The molecule has 138 valence electrons. The van der Waals surface area contributed by atoms with Gasteiger partial charge < -0.3 is 20.0 Å². The maximum atomic E-state index is 14.1. The number of benzene rings is 2. The largest absolute Gasteiger partial charge is 0.508 e. The molecule has 26 heavy (non-hydrogen) atoms. The van der Waals surface area contributed by atoms with Crippen LogP contribution in [-0.4, -0.2) is 37.9 Å². The van der Waals surface area contributed by atoms with Gasteiger partial charge in [0.15, 0.2) is 5.78 Å². The molecule has 0 aliphatic heterocycles. The number of hydrogen-bond acceptors (Lipinski definition) is 5. The van der Waals surface area contributed by atoms with E-state index in [1.54, 1.807) is 19.2 Å². The number of Topliss-reactive ketones (excluding diaryl/α,β-unsaturated/α-hetero) is 1. The third-order valence-electron chi connectivity index (χ3n) is 4.00. The van der Waals surface area contributed by atoms with Gasteiger partial charge in [-0.1, -0.05) is 23.7 Å². The van der Waals surface area contributed by atoms with Gasteiger partial charge in [0, 0.05) is 19.0 Å². The number of ether oxygens (including phenoxy) is 1. The minimum Gasteiger partial charge on any atom is -0.508 e. The number of aromatic hydroxyl groups is 1. The number of carbonyl (C=O) groups is 2. The van der Waals surface area contributed by atoms with Crippen molar-refractivity contribution in [2.75, 3.05) is 20.7 Å². The van der Waals surface area contributed by atoms with Crippen molar-refractivity contribution in [3.05, 3.63) is 57.9 Å². The molecule has 0 aliphatic carbocycles. The first-order chi connectivity index (χ1) is 12.4. The molecule has 0 aliphatic rings. The van der Waals surface area contributed by atoms with E-state index in [2.05, 4.69) is 5.32 Å². The standard InChI is InChI=1S/C19H19ClFNO4/c1-22-9-13(10-23)19(25)14-7-12(16(24)8-17(14)26-2)6-11-4-3-5-15(20)18(11)21/h3-5,7-8,10,13,22,24H,6,9H2,1-2H3. The molecule has 0 bridgehead atoms. The van der Waals surface area contributed by atoms with Crippen LogP contribution in [0.2, 0.25) is 5.02 Å². The van der Waals surface area contributed by atoms with E-state index in [0.717, 1.165) is 0 Å². The zero-order chi connectivity index (χ0) is 19.3. The molecule has 2 aromatic rings. The van der Waals surface area contributed by atoms with Gasteiger partial charge in [0.05, 0.1) is 23.6 Å². The summed E-state index contributed by atoms with van der Waals surface area (Å²) in [5.41, 5.74) is 0.748. The molecular formula is C19H19ClFNO4. The van der Waals surface area contributed by atoms with Crippen LogP contribution in [0.4, 0.5) is 4.39 Å².